The van der Waals surface area contributed by atoms with E-state index in [1.165, 1.54) is 11.8 Å². The molecule has 9 heteroatoms. The average molecular weight is 437 g/mol. The summed E-state index contributed by atoms with van der Waals surface area (Å²) in [5.41, 5.74) is 0.581. The van der Waals surface area contributed by atoms with Gasteiger partial charge in [0.2, 0.25) is 5.91 Å². The van der Waals surface area contributed by atoms with Crippen LogP contribution in [0.15, 0.2) is 53.7 Å². The number of thioether (sulfide) groups is 1. The van der Waals surface area contributed by atoms with Crippen molar-refractivity contribution in [3.8, 4) is 5.75 Å². The first-order valence-corrected chi connectivity index (χ1v) is 10.2. The van der Waals surface area contributed by atoms with Crippen LogP contribution in [0.2, 0.25) is 10.0 Å². The molecule has 3 aromatic rings. The predicted molar refractivity (Wildman–Crippen MR) is 112 cm³/mol. The van der Waals surface area contributed by atoms with Crippen LogP contribution >= 0.6 is 35.0 Å². The van der Waals surface area contributed by atoms with Gasteiger partial charge in [0.25, 0.3) is 0 Å². The van der Waals surface area contributed by atoms with Crippen molar-refractivity contribution in [2.75, 3.05) is 11.1 Å². The molecular formula is C19H18Cl2N4O2S. The highest BCUT2D eigenvalue weighted by Crippen LogP contribution is 2.26. The molecular weight excluding hydrogens is 419 g/mol. The highest BCUT2D eigenvalue weighted by atomic mass is 35.5. The number of aromatic nitrogens is 3. The van der Waals surface area contributed by atoms with Crippen molar-refractivity contribution in [2.24, 2.45) is 7.05 Å². The lowest BCUT2D eigenvalue weighted by molar-refractivity contribution is -0.113. The first-order valence-electron chi connectivity index (χ1n) is 8.42. The molecule has 0 fully saturated rings. The number of nitrogens with one attached hydrogen (secondary N) is 1. The summed E-state index contributed by atoms with van der Waals surface area (Å²) in [6.45, 7) is 1.88. The van der Waals surface area contributed by atoms with Crippen molar-refractivity contribution in [1.82, 2.24) is 14.8 Å². The van der Waals surface area contributed by atoms with Crippen LogP contribution in [0.4, 0.5) is 5.69 Å². The van der Waals surface area contributed by atoms with Gasteiger partial charge in [-0.1, -0.05) is 53.2 Å². The Hall–Kier alpha value is -2.22. The van der Waals surface area contributed by atoms with E-state index < -0.39 is 0 Å². The fourth-order valence-electron chi connectivity index (χ4n) is 2.48. The highest BCUT2D eigenvalue weighted by Gasteiger charge is 2.18. The number of hydrogen-bond acceptors (Lipinski definition) is 5. The standard InChI is InChI=1S/C19H18Cl2N4O2S/c1-12(27-14-7-5-6-13(20)10-14)18-23-24-19(25(18)2)28-11-17(26)22-16-9-4-3-8-15(16)21/h3-10,12H,11H2,1-2H3,(H,22,26). The van der Waals surface area contributed by atoms with E-state index in [-0.39, 0.29) is 17.8 Å². The molecule has 28 heavy (non-hydrogen) atoms. The minimum absolute atomic E-state index is 0.175. The summed E-state index contributed by atoms with van der Waals surface area (Å²) < 4.78 is 7.69. The van der Waals surface area contributed by atoms with Gasteiger partial charge in [0.05, 0.1) is 16.5 Å². The second-order valence-electron chi connectivity index (χ2n) is 5.93. The number of carbonyl (C=O) groups excluding carboxylic acids is 1. The first-order chi connectivity index (χ1) is 13.4. The van der Waals surface area contributed by atoms with Gasteiger partial charge in [0, 0.05) is 12.1 Å². The highest BCUT2D eigenvalue weighted by molar-refractivity contribution is 7.99. The van der Waals surface area contributed by atoms with E-state index in [2.05, 4.69) is 15.5 Å². The summed E-state index contributed by atoms with van der Waals surface area (Å²) in [5.74, 6) is 1.30. The number of ether oxygens (including phenoxy) is 1. The number of anilines is 1. The van der Waals surface area contributed by atoms with Crippen LogP contribution in [0.3, 0.4) is 0 Å². The van der Waals surface area contributed by atoms with Crippen molar-refractivity contribution in [1.29, 1.82) is 0 Å². The number of halogens is 2. The third-order valence-corrected chi connectivity index (χ3v) is 5.41. The van der Waals surface area contributed by atoms with Gasteiger partial charge in [-0.3, -0.25) is 4.79 Å². The van der Waals surface area contributed by atoms with E-state index in [0.29, 0.717) is 32.5 Å². The third kappa shape index (κ3) is 5.19. The smallest absolute Gasteiger partial charge is 0.234 e. The molecule has 1 N–H and O–H groups in total. The fraction of sp³-hybridized carbons (Fsp3) is 0.211. The average Bonchev–Trinajstić information content (AvgIpc) is 3.02. The zero-order chi connectivity index (χ0) is 20.1. The molecule has 0 bridgehead atoms. The van der Waals surface area contributed by atoms with Gasteiger partial charge in [-0.2, -0.15) is 0 Å². The van der Waals surface area contributed by atoms with E-state index in [1.807, 2.05) is 36.7 Å². The third-order valence-electron chi connectivity index (χ3n) is 3.82. The maximum Gasteiger partial charge on any atom is 0.234 e. The second-order valence-corrected chi connectivity index (χ2v) is 7.72. The molecule has 0 saturated heterocycles. The Balaban J connectivity index is 1.59. The van der Waals surface area contributed by atoms with Crippen LogP contribution < -0.4 is 10.1 Å². The van der Waals surface area contributed by atoms with E-state index in [4.69, 9.17) is 27.9 Å². The summed E-state index contributed by atoms with van der Waals surface area (Å²) in [4.78, 5) is 12.2. The Labute approximate surface area is 177 Å². The summed E-state index contributed by atoms with van der Waals surface area (Å²) in [6.07, 6.45) is -0.331. The molecule has 1 heterocycles. The Morgan fingerprint density at radius 1 is 1.21 bits per heavy atom. The normalized spacial score (nSPS) is 11.9. The van der Waals surface area contributed by atoms with Gasteiger partial charge < -0.3 is 14.6 Å². The molecule has 1 unspecified atom stereocenters. The van der Waals surface area contributed by atoms with Crippen LogP contribution in [-0.4, -0.2) is 26.4 Å². The van der Waals surface area contributed by atoms with Crippen molar-refractivity contribution in [3.63, 3.8) is 0 Å². The second kappa shape index (κ2) is 9.32. The van der Waals surface area contributed by atoms with Gasteiger partial charge in [-0.25, -0.2) is 0 Å². The molecule has 146 valence electrons. The molecule has 0 saturated carbocycles. The van der Waals surface area contributed by atoms with Crippen LogP contribution in [0.5, 0.6) is 5.75 Å². The van der Waals surface area contributed by atoms with Crippen LogP contribution in [0, 0.1) is 0 Å². The van der Waals surface area contributed by atoms with E-state index >= 15 is 0 Å². The number of para-hydroxylation sites is 1. The number of rotatable bonds is 7. The van der Waals surface area contributed by atoms with Crippen molar-refractivity contribution in [2.45, 2.75) is 18.2 Å². The number of benzene rings is 2. The molecule has 3 rings (SSSR count). The molecule has 1 aromatic heterocycles. The zero-order valence-electron chi connectivity index (χ0n) is 15.2. The fourth-order valence-corrected chi connectivity index (χ4v) is 3.56. The molecule has 0 spiro atoms. The predicted octanol–water partition coefficient (Wildman–Crippen LogP) is 4.99. The van der Waals surface area contributed by atoms with Gasteiger partial charge in [-0.05, 0) is 37.3 Å². The molecule has 0 radical (unpaired) electrons. The topological polar surface area (TPSA) is 69.0 Å². The van der Waals surface area contributed by atoms with Crippen LogP contribution in [0.1, 0.15) is 18.9 Å². The molecule has 1 amide bonds. The summed E-state index contributed by atoms with van der Waals surface area (Å²) in [7, 11) is 1.83. The van der Waals surface area contributed by atoms with E-state index in [9.17, 15) is 4.79 Å². The Morgan fingerprint density at radius 2 is 2.00 bits per heavy atom. The van der Waals surface area contributed by atoms with Crippen LogP contribution in [-0.2, 0) is 11.8 Å². The monoisotopic (exact) mass is 436 g/mol. The Morgan fingerprint density at radius 3 is 2.75 bits per heavy atom. The van der Waals surface area contributed by atoms with Gasteiger partial charge in [0.1, 0.15) is 5.75 Å². The lowest BCUT2D eigenvalue weighted by Gasteiger charge is -2.14. The largest absolute Gasteiger partial charge is 0.483 e. The lowest BCUT2D eigenvalue weighted by Crippen LogP contribution is -2.15. The van der Waals surface area contributed by atoms with E-state index in [1.54, 1.807) is 30.3 Å². The Bertz CT molecular complexity index is 980. The summed E-state index contributed by atoms with van der Waals surface area (Å²) in [6, 6.07) is 14.3. The van der Waals surface area contributed by atoms with Gasteiger partial charge >= 0.3 is 0 Å². The van der Waals surface area contributed by atoms with Crippen LogP contribution in [0.25, 0.3) is 0 Å². The number of amides is 1. The molecule has 0 aliphatic carbocycles. The maximum absolute atomic E-state index is 12.2. The Kier molecular flexibility index (Phi) is 6.83. The molecule has 6 nitrogen and oxygen atoms in total. The molecule has 2 aromatic carbocycles. The first kappa shape index (κ1) is 20.5. The van der Waals surface area contributed by atoms with E-state index in [0.717, 1.165) is 0 Å². The van der Waals surface area contributed by atoms with Crippen molar-refractivity contribution in [3.05, 3.63) is 64.4 Å². The maximum atomic E-state index is 12.2. The minimum Gasteiger partial charge on any atom is -0.483 e. The number of hydrogen-bond donors (Lipinski definition) is 1. The summed E-state index contributed by atoms with van der Waals surface area (Å²) in [5, 5.41) is 12.8. The summed E-state index contributed by atoms with van der Waals surface area (Å²) >= 11 is 13.3. The lowest BCUT2D eigenvalue weighted by atomic mass is 10.3. The quantitative estimate of drug-likeness (QED) is 0.528. The van der Waals surface area contributed by atoms with Crippen molar-refractivity contribution >= 4 is 46.6 Å². The minimum atomic E-state index is -0.331. The van der Waals surface area contributed by atoms with Crippen molar-refractivity contribution < 1.29 is 9.53 Å². The number of carbonyl (C=O) groups is 1. The number of nitrogens with zero attached hydrogens (tertiary/aromatic N) is 3. The molecule has 0 aliphatic heterocycles. The SMILES string of the molecule is CC(Oc1cccc(Cl)c1)c1nnc(SCC(=O)Nc2ccccc2Cl)n1C. The molecule has 0 aliphatic rings. The molecule has 1 atom stereocenters. The zero-order valence-corrected chi connectivity index (χ0v) is 17.6. The van der Waals surface area contributed by atoms with Gasteiger partial charge in [0.15, 0.2) is 17.1 Å². The van der Waals surface area contributed by atoms with Gasteiger partial charge in [-0.15, -0.1) is 10.2 Å².